The normalized spacial score (nSPS) is 7.83. The third-order valence-electron chi connectivity index (χ3n) is 1.11. The Morgan fingerprint density at radius 3 is 2.33 bits per heavy atom. The Hall–Kier alpha value is -0.580. The number of nitrogens with zero attached hydrogens (tertiary/aromatic N) is 2. The molecule has 0 saturated carbocycles. The number of ether oxygens (including phenoxy) is 1. The van der Waals surface area contributed by atoms with Gasteiger partial charge in [0, 0.05) is 12.6 Å². The first-order valence-electron chi connectivity index (χ1n) is 2.93. The Balaban J connectivity index is 0. The molecule has 12 heavy (non-hydrogen) atoms. The molecule has 1 heterocycles. The number of rotatable bonds is 2. The average molecular weight is 212 g/mol. The highest BCUT2D eigenvalue weighted by molar-refractivity contribution is 5.85. The molecule has 1 aromatic rings. The minimum Gasteiger partial charge on any atom is -0.480 e. The van der Waals surface area contributed by atoms with Crippen molar-refractivity contribution in [2.45, 2.75) is 6.54 Å². The lowest BCUT2D eigenvalue weighted by Crippen LogP contribution is -2.01. The zero-order valence-corrected chi connectivity index (χ0v) is 8.19. The van der Waals surface area contributed by atoms with E-state index >= 15 is 0 Å². The molecule has 0 unspecified atom stereocenters. The Morgan fingerprint density at radius 2 is 2.00 bits per heavy atom. The van der Waals surface area contributed by atoms with Crippen LogP contribution in [0.3, 0.4) is 0 Å². The summed E-state index contributed by atoms with van der Waals surface area (Å²) < 4.78 is 4.80. The minimum absolute atomic E-state index is 0. The Kier molecular flexibility index (Phi) is 8.26. The molecule has 0 aromatic carbocycles. The maximum atomic E-state index is 5.30. The van der Waals surface area contributed by atoms with Crippen molar-refractivity contribution >= 4 is 24.8 Å². The fraction of sp³-hybridized carbons (Fsp3) is 0.333. The monoisotopic (exact) mass is 211 g/mol. The highest BCUT2D eigenvalue weighted by atomic mass is 35.5. The molecule has 0 aliphatic heterocycles. The van der Waals surface area contributed by atoms with Crippen LogP contribution in [-0.2, 0) is 6.54 Å². The molecule has 1 aromatic heterocycles. The van der Waals surface area contributed by atoms with Crippen LogP contribution in [0, 0.1) is 0 Å². The number of halogens is 2. The molecule has 0 bridgehead atoms. The van der Waals surface area contributed by atoms with E-state index in [-0.39, 0.29) is 24.8 Å². The van der Waals surface area contributed by atoms with E-state index in [1.54, 1.807) is 19.2 Å². The number of hydrogen-bond donors (Lipinski definition) is 1. The molecule has 4 nitrogen and oxygen atoms in total. The van der Waals surface area contributed by atoms with E-state index < -0.39 is 0 Å². The molecule has 0 spiro atoms. The fourth-order valence-corrected chi connectivity index (χ4v) is 0.565. The van der Waals surface area contributed by atoms with Crippen LogP contribution in [-0.4, -0.2) is 17.3 Å². The van der Waals surface area contributed by atoms with Gasteiger partial charge in [-0.2, -0.15) is 5.10 Å². The molecular weight excluding hydrogens is 201 g/mol. The zero-order chi connectivity index (χ0) is 7.40. The van der Waals surface area contributed by atoms with E-state index in [1.807, 2.05) is 0 Å². The van der Waals surface area contributed by atoms with Crippen LogP contribution in [0.4, 0.5) is 0 Å². The largest absolute Gasteiger partial charge is 0.480 e. The van der Waals surface area contributed by atoms with E-state index in [1.165, 1.54) is 0 Å². The molecule has 6 heteroatoms. The summed E-state index contributed by atoms with van der Waals surface area (Å²) in [5.41, 5.74) is 6.06. The standard InChI is InChI=1S/C6H9N3O.2ClH/c1-10-6-3-2-5(4-7)8-9-6;;/h2-3H,4,7H2,1H3;2*1H. The van der Waals surface area contributed by atoms with Crippen LogP contribution < -0.4 is 10.5 Å². The van der Waals surface area contributed by atoms with Crippen LogP contribution in [0.25, 0.3) is 0 Å². The van der Waals surface area contributed by atoms with Gasteiger partial charge in [0.05, 0.1) is 12.8 Å². The summed E-state index contributed by atoms with van der Waals surface area (Å²) in [5.74, 6) is 0.511. The number of methoxy groups -OCH3 is 1. The van der Waals surface area contributed by atoms with E-state index in [0.29, 0.717) is 12.4 Å². The first-order valence-corrected chi connectivity index (χ1v) is 2.93. The van der Waals surface area contributed by atoms with Crippen molar-refractivity contribution in [3.63, 3.8) is 0 Å². The summed E-state index contributed by atoms with van der Waals surface area (Å²) in [7, 11) is 1.55. The molecule has 1 rings (SSSR count). The van der Waals surface area contributed by atoms with Crippen LogP contribution in [0.15, 0.2) is 12.1 Å². The maximum absolute atomic E-state index is 5.30. The molecule has 70 valence electrons. The lowest BCUT2D eigenvalue weighted by molar-refractivity contribution is 0.391. The predicted octanol–water partition coefficient (Wildman–Crippen LogP) is 0.787. The fourth-order valence-electron chi connectivity index (χ4n) is 0.565. The van der Waals surface area contributed by atoms with Gasteiger partial charge in [0.15, 0.2) is 0 Å². The van der Waals surface area contributed by atoms with Gasteiger partial charge >= 0.3 is 0 Å². The van der Waals surface area contributed by atoms with Crippen LogP contribution >= 0.6 is 24.8 Å². The van der Waals surface area contributed by atoms with E-state index in [4.69, 9.17) is 10.5 Å². The molecule has 0 fully saturated rings. The molecule has 0 saturated heterocycles. The SMILES string of the molecule is COc1ccc(CN)nn1.Cl.Cl. The van der Waals surface area contributed by atoms with Gasteiger partial charge in [-0.25, -0.2) is 0 Å². The van der Waals surface area contributed by atoms with Crippen LogP contribution in [0.2, 0.25) is 0 Å². The van der Waals surface area contributed by atoms with Gasteiger partial charge in [-0.3, -0.25) is 0 Å². The summed E-state index contributed by atoms with van der Waals surface area (Å²) >= 11 is 0. The van der Waals surface area contributed by atoms with Crippen LogP contribution in [0.5, 0.6) is 5.88 Å². The van der Waals surface area contributed by atoms with E-state index in [9.17, 15) is 0 Å². The molecule has 0 amide bonds. The van der Waals surface area contributed by atoms with Crippen molar-refractivity contribution in [1.29, 1.82) is 0 Å². The summed E-state index contributed by atoms with van der Waals surface area (Å²) in [6.07, 6.45) is 0. The van der Waals surface area contributed by atoms with Gasteiger partial charge in [-0.05, 0) is 6.07 Å². The molecule has 0 aliphatic rings. The minimum atomic E-state index is 0. The highest BCUT2D eigenvalue weighted by Gasteiger charge is 1.92. The van der Waals surface area contributed by atoms with Gasteiger partial charge in [-0.15, -0.1) is 29.9 Å². The summed E-state index contributed by atoms with van der Waals surface area (Å²) in [4.78, 5) is 0. The third-order valence-corrected chi connectivity index (χ3v) is 1.11. The van der Waals surface area contributed by atoms with Crippen molar-refractivity contribution in [2.24, 2.45) is 5.73 Å². The van der Waals surface area contributed by atoms with Crippen molar-refractivity contribution in [2.75, 3.05) is 7.11 Å². The first kappa shape index (κ1) is 14.0. The average Bonchev–Trinajstić information content (AvgIpc) is 2.05. The van der Waals surface area contributed by atoms with Gasteiger partial charge in [0.2, 0.25) is 5.88 Å². The first-order chi connectivity index (χ1) is 4.86. The van der Waals surface area contributed by atoms with Gasteiger partial charge < -0.3 is 10.5 Å². The molecular formula is C6H11Cl2N3O. The van der Waals surface area contributed by atoms with Crippen molar-refractivity contribution in [3.8, 4) is 5.88 Å². The topological polar surface area (TPSA) is 61.0 Å². The van der Waals surface area contributed by atoms with Gasteiger partial charge in [-0.1, -0.05) is 0 Å². The van der Waals surface area contributed by atoms with Crippen molar-refractivity contribution in [3.05, 3.63) is 17.8 Å². The predicted molar refractivity (Wildman–Crippen MR) is 51.0 cm³/mol. The second-order valence-electron chi connectivity index (χ2n) is 1.77. The van der Waals surface area contributed by atoms with E-state index in [0.717, 1.165) is 5.69 Å². The second kappa shape index (κ2) is 7.09. The second-order valence-corrected chi connectivity index (χ2v) is 1.77. The molecule has 0 atom stereocenters. The smallest absolute Gasteiger partial charge is 0.233 e. The number of aromatic nitrogens is 2. The highest BCUT2D eigenvalue weighted by Crippen LogP contribution is 2.01. The maximum Gasteiger partial charge on any atom is 0.233 e. The summed E-state index contributed by atoms with van der Waals surface area (Å²) in [6, 6.07) is 3.51. The lowest BCUT2D eigenvalue weighted by atomic mass is 10.4. The number of nitrogens with two attached hydrogens (primary N) is 1. The lowest BCUT2D eigenvalue weighted by Gasteiger charge is -1.96. The van der Waals surface area contributed by atoms with Crippen molar-refractivity contribution < 1.29 is 4.74 Å². The number of hydrogen-bond acceptors (Lipinski definition) is 4. The van der Waals surface area contributed by atoms with Gasteiger partial charge in [0.25, 0.3) is 0 Å². The van der Waals surface area contributed by atoms with Crippen molar-refractivity contribution in [1.82, 2.24) is 10.2 Å². The Morgan fingerprint density at radius 1 is 1.33 bits per heavy atom. The molecule has 0 radical (unpaired) electrons. The Labute approximate surface area is 83.3 Å². The van der Waals surface area contributed by atoms with Crippen LogP contribution in [0.1, 0.15) is 5.69 Å². The molecule has 2 N–H and O–H groups in total. The summed E-state index contributed by atoms with van der Waals surface area (Å²) in [6.45, 7) is 0.414. The Bertz CT molecular complexity index is 181. The third kappa shape index (κ3) is 3.71. The quantitative estimate of drug-likeness (QED) is 0.787. The van der Waals surface area contributed by atoms with E-state index in [2.05, 4.69) is 10.2 Å². The summed E-state index contributed by atoms with van der Waals surface area (Å²) in [5, 5.41) is 7.48. The van der Waals surface area contributed by atoms with Gasteiger partial charge in [0.1, 0.15) is 0 Å². The zero-order valence-electron chi connectivity index (χ0n) is 6.56. The molecule has 0 aliphatic carbocycles.